The summed E-state index contributed by atoms with van der Waals surface area (Å²) in [6.07, 6.45) is 0.205. The Morgan fingerprint density at radius 2 is 1.88 bits per heavy atom. The summed E-state index contributed by atoms with van der Waals surface area (Å²) in [6.45, 7) is 0. The van der Waals surface area contributed by atoms with Crippen molar-refractivity contribution in [1.29, 1.82) is 0 Å². The fourth-order valence-corrected chi connectivity index (χ4v) is 3.90. The summed E-state index contributed by atoms with van der Waals surface area (Å²) in [5.74, 6) is -0.0278. The van der Waals surface area contributed by atoms with Crippen LogP contribution in [0.4, 0.5) is 5.69 Å². The van der Waals surface area contributed by atoms with Crippen LogP contribution >= 0.6 is 23.2 Å². The minimum Gasteiger partial charge on any atom is -0.480 e. The molecule has 1 atom stereocenters. The Bertz CT molecular complexity index is 1270. The largest absolute Gasteiger partial charge is 0.480 e. The average molecular weight is 472 g/mol. The van der Waals surface area contributed by atoms with Crippen molar-refractivity contribution < 1.29 is 19.1 Å². The molecule has 0 saturated carbocycles. The van der Waals surface area contributed by atoms with E-state index in [1.807, 2.05) is 30.3 Å². The summed E-state index contributed by atoms with van der Waals surface area (Å²) >= 11 is 12.9. The first-order valence-corrected chi connectivity index (χ1v) is 10.4. The number of aliphatic carboxylic acids is 1. The minimum atomic E-state index is -0.971. The molecule has 0 aliphatic carbocycles. The lowest BCUT2D eigenvalue weighted by atomic mass is 10.1. The van der Waals surface area contributed by atoms with Gasteiger partial charge in [-0.05, 0) is 49.4 Å². The quantitative estimate of drug-likeness (QED) is 0.309. The van der Waals surface area contributed by atoms with Crippen molar-refractivity contribution in [3.8, 4) is 23.0 Å². The SMILES string of the molecule is CN[C@@H](Cc1cc(Cl)c(Oc2cc(N)cc3nc(-c4ccccc4)oc23)c(Cl)c1)C(=O)O. The van der Waals surface area contributed by atoms with E-state index in [1.165, 1.54) is 0 Å². The second-order valence-corrected chi connectivity index (χ2v) is 7.94. The molecule has 0 bridgehead atoms. The van der Waals surface area contributed by atoms with E-state index >= 15 is 0 Å². The van der Waals surface area contributed by atoms with E-state index in [4.69, 9.17) is 38.1 Å². The third kappa shape index (κ3) is 4.50. The molecule has 4 aromatic rings. The van der Waals surface area contributed by atoms with Gasteiger partial charge >= 0.3 is 5.97 Å². The van der Waals surface area contributed by atoms with Crippen LogP contribution < -0.4 is 15.8 Å². The first kappa shape index (κ1) is 22.0. The molecule has 1 heterocycles. The molecule has 0 amide bonds. The lowest BCUT2D eigenvalue weighted by molar-refractivity contribution is -0.139. The molecule has 7 nitrogen and oxygen atoms in total. The monoisotopic (exact) mass is 471 g/mol. The van der Waals surface area contributed by atoms with E-state index in [0.717, 1.165) is 5.56 Å². The minimum absolute atomic E-state index is 0.205. The van der Waals surface area contributed by atoms with Crippen LogP contribution in [0.1, 0.15) is 5.56 Å². The topological polar surface area (TPSA) is 111 Å². The number of carboxylic acids is 1. The van der Waals surface area contributed by atoms with Gasteiger partial charge in [-0.2, -0.15) is 0 Å². The van der Waals surface area contributed by atoms with Gasteiger partial charge in [-0.15, -0.1) is 0 Å². The normalized spacial score (nSPS) is 12.1. The van der Waals surface area contributed by atoms with E-state index in [9.17, 15) is 9.90 Å². The number of nitrogens with zero attached hydrogens (tertiary/aromatic N) is 1. The smallest absolute Gasteiger partial charge is 0.321 e. The Kier molecular flexibility index (Phi) is 6.23. The molecule has 164 valence electrons. The summed E-state index contributed by atoms with van der Waals surface area (Å²) in [6, 6.07) is 15.2. The number of fused-ring (bicyclic) bond motifs is 1. The Balaban J connectivity index is 1.70. The summed E-state index contributed by atoms with van der Waals surface area (Å²) in [4.78, 5) is 15.8. The number of hydrogen-bond donors (Lipinski definition) is 3. The lowest BCUT2D eigenvalue weighted by Crippen LogP contribution is -2.35. The third-order valence-electron chi connectivity index (χ3n) is 4.86. The van der Waals surface area contributed by atoms with Crippen molar-refractivity contribution in [1.82, 2.24) is 10.3 Å². The fraction of sp³-hybridized carbons (Fsp3) is 0.130. The van der Waals surface area contributed by atoms with Gasteiger partial charge in [-0.1, -0.05) is 41.4 Å². The first-order chi connectivity index (χ1) is 15.4. The van der Waals surface area contributed by atoms with Crippen LogP contribution in [0.3, 0.4) is 0 Å². The molecule has 0 unspecified atom stereocenters. The van der Waals surface area contributed by atoms with Crippen LogP contribution in [-0.2, 0) is 11.2 Å². The lowest BCUT2D eigenvalue weighted by Gasteiger charge is -2.14. The maximum absolute atomic E-state index is 11.3. The molecule has 9 heteroatoms. The average Bonchev–Trinajstić information content (AvgIpc) is 3.19. The van der Waals surface area contributed by atoms with Crippen LogP contribution in [0.15, 0.2) is 59.0 Å². The highest BCUT2D eigenvalue weighted by atomic mass is 35.5. The van der Waals surface area contributed by atoms with Gasteiger partial charge in [0, 0.05) is 17.3 Å². The Labute approximate surface area is 193 Å². The second-order valence-electron chi connectivity index (χ2n) is 7.13. The summed E-state index contributed by atoms with van der Waals surface area (Å²) in [5.41, 5.74) is 8.86. The molecule has 0 radical (unpaired) electrons. The van der Waals surface area contributed by atoms with E-state index < -0.39 is 12.0 Å². The summed E-state index contributed by atoms with van der Waals surface area (Å²) < 4.78 is 12.0. The molecule has 1 aromatic heterocycles. The second kappa shape index (κ2) is 9.08. The molecular weight excluding hydrogens is 453 g/mol. The number of rotatable bonds is 7. The van der Waals surface area contributed by atoms with Crippen LogP contribution in [-0.4, -0.2) is 29.1 Å². The standard InChI is InChI=1S/C23H19Cl2N3O4/c1-27-18(23(29)30)9-12-7-15(24)20(16(25)8-12)31-19-11-14(26)10-17-21(19)32-22(28-17)13-5-3-2-4-6-13/h2-8,10-11,18,27H,9,26H2,1H3,(H,29,30)/t18-/m0/s1. The van der Waals surface area contributed by atoms with Crippen LogP contribution in [0.25, 0.3) is 22.6 Å². The molecule has 0 saturated heterocycles. The van der Waals surface area contributed by atoms with E-state index in [-0.39, 0.29) is 22.2 Å². The summed E-state index contributed by atoms with van der Waals surface area (Å²) in [5, 5.41) is 12.4. The molecule has 0 aliphatic rings. The van der Waals surface area contributed by atoms with Gasteiger partial charge in [0.15, 0.2) is 17.1 Å². The van der Waals surface area contributed by atoms with Crippen LogP contribution in [0.2, 0.25) is 10.0 Å². The van der Waals surface area contributed by atoms with Crippen molar-refractivity contribution in [2.45, 2.75) is 12.5 Å². The van der Waals surface area contributed by atoms with Crippen molar-refractivity contribution in [3.63, 3.8) is 0 Å². The number of anilines is 1. The van der Waals surface area contributed by atoms with Gasteiger partial charge in [0.1, 0.15) is 11.6 Å². The van der Waals surface area contributed by atoms with E-state index in [2.05, 4.69) is 10.3 Å². The van der Waals surface area contributed by atoms with E-state index in [1.54, 1.807) is 31.3 Å². The number of nitrogens with one attached hydrogen (secondary N) is 1. The van der Waals surface area contributed by atoms with Gasteiger partial charge in [0.25, 0.3) is 0 Å². The fourth-order valence-electron chi connectivity index (χ4n) is 3.29. The Morgan fingerprint density at radius 1 is 1.19 bits per heavy atom. The zero-order valence-electron chi connectivity index (χ0n) is 16.9. The van der Waals surface area contributed by atoms with Crippen molar-refractivity contribution in [2.24, 2.45) is 0 Å². The third-order valence-corrected chi connectivity index (χ3v) is 5.42. The number of halogens is 2. The Hall–Kier alpha value is -3.26. The molecule has 3 aromatic carbocycles. The number of carboxylic acid groups (broad SMARTS) is 1. The predicted octanol–water partition coefficient (Wildman–Crippen LogP) is 5.39. The number of likely N-dealkylation sites (N-methyl/N-ethyl adjacent to an activating group) is 1. The van der Waals surface area contributed by atoms with E-state index in [0.29, 0.717) is 34.0 Å². The maximum Gasteiger partial charge on any atom is 0.321 e. The molecule has 0 fully saturated rings. The van der Waals surface area contributed by atoms with Crippen LogP contribution in [0, 0.1) is 0 Å². The number of benzene rings is 3. The number of nitrogens with two attached hydrogens (primary N) is 1. The van der Waals surface area contributed by atoms with Gasteiger partial charge in [-0.3, -0.25) is 4.79 Å². The molecular formula is C23H19Cl2N3O4. The highest BCUT2D eigenvalue weighted by molar-refractivity contribution is 6.37. The number of nitrogen functional groups attached to an aromatic ring is 1. The molecule has 0 spiro atoms. The molecule has 4 N–H and O–H groups in total. The maximum atomic E-state index is 11.3. The van der Waals surface area contributed by atoms with Gasteiger partial charge in [0.2, 0.25) is 5.89 Å². The predicted molar refractivity (Wildman–Crippen MR) is 125 cm³/mol. The first-order valence-electron chi connectivity index (χ1n) is 9.67. The number of oxazole rings is 1. The van der Waals surface area contributed by atoms with Crippen molar-refractivity contribution in [3.05, 3.63) is 70.2 Å². The van der Waals surface area contributed by atoms with Crippen molar-refractivity contribution >= 4 is 46.0 Å². The zero-order valence-corrected chi connectivity index (χ0v) is 18.4. The van der Waals surface area contributed by atoms with Crippen molar-refractivity contribution in [2.75, 3.05) is 12.8 Å². The van der Waals surface area contributed by atoms with Gasteiger partial charge in [0.05, 0.1) is 10.0 Å². The summed E-state index contributed by atoms with van der Waals surface area (Å²) in [7, 11) is 1.58. The zero-order chi connectivity index (χ0) is 22.8. The van der Waals surface area contributed by atoms with Gasteiger partial charge < -0.3 is 25.3 Å². The molecule has 4 rings (SSSR count). The highest BCUT2D eigenvalue weighted by Gasteiger charge is 2.20. The molecule has 0 aliphatic heterocycles. The highest BCUT2D eigenvalue weighted by Crippen LogP contribution is 2.41. The number of carbonyl (C=O) groups is 1. The van der Waals surface area contributed by atoms with Gasteiger partial charge in [-0.25, -0.2) is 4.98 Å². The van der Waals surface area contributed by atoms with Crippen LogP contribution in [0.5, 0.6) is 11.5 Å². The number of aromatic nitrogens is 1. The molecule has 32 heavy (non-hydrogen) atoms. The number of ether oxygens (including phenoxy) is 1. The Morgan fingerprint density at radius 3 is 2.50 bits per heavy atom. The number of hydrogen-bond acceptors (Lipinski definition) is 6.